The Balaban J connectivity index is 2.20. The van der Waals surface area contributed by atoms with Crippen LogP contribution in [0.4, 0.5) is 0 Å². The molecule has 5 nitrogen and oxygen atoms in total. The van der Waals surface area contributed by atoms with Gasteiger partial charge in [-0.1, -0.05) is 32.5 Å². The summed E-state index contributed by atoms with van der Waals surface area (Å²) in [5, 5.41) is 0.389. The molecule has 112 valence electrons. The lowest BCUT2D eigenvalue weighted by Gasteiger charge is -2.37. The molecule has 0 unspecified atom stereocenters. The highest BCUT2D eigenvalue weighted by atomic mass is 32.2. The largest absolute Gasteiger partial charge is 0.354 e. The van der Waals surface area contributed by atoms with Crippen molar-refractivity contribution in [3.05, 3.63) is 21.0 Å². The van der Waals surface area contributed by atoms with Gasteiger partial charge >= 0.3 is 11.4 Å². The summed E-state index contributed by atoms with van der Waals surface area (Å²) >= 11 is 1.28. The second kappa shape index (κ2) is 5.76. The van der Waals surface area contributed by atoms with Gasteiger partial charge < -0.3 is 0 Å². The lowest BCUT2D eigenvalue weighted by molar-refractivity contribution is 0.148. The minimum Gasteiger partial charge on any atom is -0.286 e. The molecule has 0 bridgehead atoms. The molecule has 1 heterocycles. The van der Waals surface area contributed by atoms with Crippen molar-refractivity contribution < 1.29 is 0 Å². The number of thioether (sulfide) groups is 1. The average molecular weight is 297 g/mol. The molecule has 0 amide bonds. The van der Waals surface area contributed by atoms with E-state index in [0.717, 1.165) is 25.7 Å². The first-order chi connectivity index (χ1) is 9.32. The minimum absolute atomic E-state index is 0.00624. The number of hydrogen-bond acceptors (Lipinski definition) is 4. The van der Waals surface area contributed by atoms with Gasteiger partial charge in [0, 0.05) is 6.04 Å². The van der Waals surface area contributed by atoms with Crippen molar-refractivity contribution in [3.8, 4) is 0 Å². The smallest absolute Gasteiger partial charge is 0.286 e. The first-order valence-corrected chi connectivity index (χ1v) is 8.32. The molecule has 20 heavy (non-hydrogen) atoms. The van der Waals surface area contributed by atoms with Gasteiger partial charge in [0.2, 0.25) is 0 Å². The summed E-state index contributed by atoms with van der Waals surface area (Å²) in [6.07, 6.45) is 5.67. The second-order valence-electron chi connectivity index (χ2n) is 6.58. The molecule has 6 heteroatoms. The molecular weight excluding hydrogens is 274 g/mol. The lowest BCUT2D eigenvalue weighted by Crippen LogP contribution is -2.41. The minimum atomic E-state index is -0.419. The maximum Gasteiger partial charge on any atom is 0.354 e. The van der Waals surface area contributed by atoms with Gasteiger partial charge in [-0.3, -0.25) is 4.98 Å². The molecule has 0 aromatic carbocycles. The zero-order valence-corrected chi connectivity index (χ0v) is 13.4. The Labute approximate surface area is 123 Å². The van der Waals surface area contributed by atoms with E-state index in [-0.39, 0.29) is 11.7 Å². The Morgan fingerprint density at radius 1 is 1.20 bits per heavy atom. The van der Waals surface area contributed by atoms with Crippen LogP contribution in [0.15, 0.2) is 14.7 Å². The zero-order chi connectivity index (χ0) is 14.9. The zero-order valence-electron chi connectivity index (χ0n) is 12.6. The van der Waals surface area contributed by atoms with Crippen molar-refractivity contribution in [3.63, 3.8) is 0 Å². The highest BCUT2D eigenvalue weighted by Crippen LogP contribution is 2.40. The second-order valence-corrected chi connectivity index (χ2v) is 7.37. The summed E-state index contributed by atoms with van der Waals surface area (Å²) in [7, 11) is 0. The van der Waals surface area contributed by atoms with E-state index in [1.54, 1.807) is 6.26 Å². The molecule has 0 radical (unpaired) electrons. The fraction of sp³-hybridized carbons (Fsp3) is 0.786. The van der Waals surface area contributed by atoms with E-state index in [1.165, 1.54) is 16.3 Å². The van der Waals surface area contributed by atoms with Crippen molar-refractivity contribution >= 4 is 11.8 Å². The Bertz CT molecular complexity index is 546. The molecule has 1 aliphatic rings. The monoisotopic (exact) mass is 297 g/mol. The predicted octanol–water partition coefficient (Wildman–Crippen LogP) is 2.43. The van der Waals surface area contributed by atoms with Crippen LogP contribution in [0.3, 0.4) is 0 Å². The average Bonchev–Trinajstić information content (AvgIpc) is 2.37. The molecule has 0 spiro atoms. The molecule has 1 N–H and O–H groups in total. The fourth-order valence-electron chi connectivity index (χ4n) is 3.03. The SMILES string of the molecule is CSc1nc(=O)n(C2CCC(C(C)(C)C)CC2)c(=O)[nH]1. The van der Waals surface area contributed by atoms with E-state index in [0.29, 0.717) is 16.5 Å². The third-order valence-corrected chi connectivity index (χ3v) is 4.90. The van der Waals surface area contributed by atoms with Crippen LogP contribution in [0.2, 0.25) is 0 Å². The summed E-state index contributed by atoms with van der Waals surface area (Å²) in [4.78, 5) is 30.6. The summed E-state index contributed by atoms with van der Waals surface area (Å²) in [5.41, 5.74) is -0.450. The Morgan fingerprint density at radius 2 is 1.80 bits per heavy atom. The van der Waals surface area contributed by atoms with E-state index in [1.807, 2.05) is 0 Å². The maximum atomic E-state index is 12.1. The molecule has 0 aliphatic heterocycles. The van der Waals surface area contributed by atoms with Gasteiger partial charge in [-0.05, 0) is 43.3 Å². The molecule has 1 aliphatic carbocycles. The quantitative estimate of drug-likeness (QED) is 0.851. The predicted molar refractivity (Wildman–Crippen MR) is 81.3 cm³/mol. The van der Waals surface area contributed by atoms with E-state index in [2.05, 4.69) is 30.7 Å². The molecule has 1 aromatic rings. The van der Waals surface area contributed by atoms with Gasteiger partial charge in [0.25, 0.3) is 0 Å². The molecule has 1 saturated carbocycles. The van der Waals surface area contributed by atoms with Gasteiger partial charge in [-0.15, -0.1) is 0 Å². The van der Waals surface area contributed by atoms with Gasteiger partial charge in [-0.25, -0.2) is 14.2 Å². The topological polar surface area (TPSA) is 67.8 Å². The van der Waals surface area contributed by atoms with Crippen LogP contribution in [-0.4, -0.2) is 20.8 Å². The number of hydrogen-bond donors (Lipinski definition) is 1. The number of rotatable bonds is 2. The summed E-state index contributed by atoms with van der Waals surface area (Å²) in [6, 6.07) is -0.00624. The molecule has 1 fully saturated rings. The van der Waals surface area contributed by atoms with Crippen molar-refractivity contribution in [2.45, 2.75) is 57.7 Å². The highest BCUT2D eigenvalue weighted by molar-refractivity contribution is 7.98. The van der Waals surface area contributed by atoms with Crippen LogP contribution in [0, 0.1) is 11.3 Å². The number of aromatic amines is 1. The van der Waals surface area contributed by atoms with Crippen LogP contribution in [-0.2, 0) is 0 Å². The summed E-state index contributed by atoms with van der Waals surface area (Å²) < 4.78 is 1.30. The van der Waals surface area contributed by atoms with Crippen LogP contribution in [0.25, 0.3) is 0 Å². The van der Waals surface area contributed by atoms with Crippen molar-refractivity contribution in [2.75, 3.05) is 6.26 Å². The third kappa shape index (κ3) is 3.16. The number of nitrogens with one attached hydrogen (secondary N) is 1. The van der Waals surface area contributed by atoms with Gasteiger partial charge in [0.15, 0.2) is 5.16 Å². The lowest BCUT2D eigenvalue weighted by atomic mass is 9.71. The Morgan fingerprint density at radius 3 is 2.25 bits per heavy atom. The number of nitrogens with zero attached hydrogens (tertiary/aromatic N) is 2. The Kier molecular flexibility index (Phi) is 4.42. The van der Waals surface area contributed by atoms with Crippen molar-refractivity contribution in [1.29, 1.82) is 0 Å². The summed E-state index contributed by atoms with van der Waals surface area (Å²) in [5.74, 6) is 0.659. The van der Waals surface area contributed by atoms with Gasteiger partial charge in [0.05, 0.1) is 0 Å². The van der Waals surface area contributed by atoms with E-state index >= 15 is 0 Å². The molecule has 2 rings (SSSR count). The van der Waals surface area contributed by atoms with Gasteiger partial charge in [0.1, 0.15) is 0 Å². The summed E-state index contributed by atoms with van der Waals surface area (Å²) in [6.45, 7) is 6.77. The number of H-pyrrole nitrogens is 1. The molecule has 1 aromatic heterocycles. The normalized spacial score (nSPS) is 23.8. The van der Waals surface area contributed by atoms with Crippen molar-refractivity contribution in [1.82, 2.24) is 14.5 Å². The van der Waals surface area contributed by atoms with Crippen molar-refractivity contribution in [2.24, 2.45) is 11.3 Å². The van der Waals surface area contributed by atoms with Crippen LogP contribution < -0.4 is 11.4 Å². The van der Waals surface area contributed by atoms with Gasteiger partial charge in [-0.2, -0.15) is 4.98 Å². The van der Waals surface area contributed by atoms with Crippen LogP contribution >= 0.6 is 11.8 Å². The van der Waals surface area contributed by atoms with E-state index in [9.17, 15) is 9.59 Å². The van der Waals surface area contributed by atoms with E-state index < -0.39 is 5.69 Å². The standard InChI is InChI=1S/C14H23N3O2S/c1-14(2,3)9-5-7-10(8-6-9)17-12(18)15-11(20-4)16-13(17)19/h9-10H,5-8H2,1-4H3,(H,15,16,18,19). The first-order valence-electron chi connectivity index (χ1n) is 7.09. The number of aromatic nitrogens is 3. The third-order valence-electron chi connectivity index (χ3n) is 4.32. The van der Waals surface area contributed by atoms with Crippen LogP contribution in [0.1, 0.15) is 52.5 Å². The molecular formula is C14H23N3O2S. The molecule has 0 atom stereocenters. The fourth-order valence-corrected chi connectivity index (χ4v) is 3.38. The van der Waals surface area contributed by atoms with Crippen LogP contribution in [0.5, 0.6) is 0 Å². The van der Waals surface area contributed by atoms with E-state index in [4.69, 9.17) is 0 Å². The molecule has 0 saturated heterocycles. The maximum absolute atomic E-state index is 12.1. The Hall–Kier alpha value is -1.04. The first kappa shape index (κ1) is 15.4. The highest BCUT2D eigenvalue weighted by Gasteiger charge is 2.31.